The van der Waals surface area contributed by atoms with Crippen LogP contribution in [-0.2, 0) is 7.05 Å². The molecule has 0 saturated heterocycles. The van der Waals surface area contributed by atoms with Crippen molar-refractivity contribution in [2.75, 3.05) is 14.1 Å². The van der Waals surface area contributed by atoms with Crippen molar-refractivity contribution < 1.29 is 0 Å². The van der Waals surface area contributed by atoms with Crippen LogP contribution < -0.4 is 5.73 Å². The molecule has 98 valence electrons. The maximum Gasteiger partial charge on any atom is 0.0709 e. The van der Waals surface area contributed by atoms with Crippen molar-refractivity contribution in [3.8, 4) is 0 Å². The van der Waals surface area contributed by atoms with Crippen molar-refractivity contribution in [3.63, 3.8) is 0 Å². The van der Waals surface area contributed by atoms with Crippen LogP contribution in [0.5, 0.6) is 0 Å². The fraction of sp³-hybridized carbons (Fsp3) is 0.750. The van der Waals surface area contributed by atoms with Gasteiger partial charge in [-0.05, 0) is 42.9 Å². The van der Waals surface area contributed by atoms with Crippen LogP contribution in [0, 0.1) is 0 Å². The first-order valence-electron chi connectivity index (χ1n) is 6.01. The summed E-state index contributed by atoms with van der Waals surface area (Å²) in [5.41, 5.74) is 7.54. The molecule has 0 saturated carbocycles. The molecule has 1 aromatic rings. The molecule has 2 N–H and O–H groups in total. The maximum atomic E-state index is 6.51. The summed E-state index contributed by atoms with van der Waals surface area (Å²) >= 11 is 3.54. The van der Waals surface area contributed by atoms with E-state index in [2.05, 4.69) is 53.9 Å². The van der Waals surface area contributed by atoms with Crippen molar-refractivity contribution in [1.82, 2.24) is 14.7 Å². The Morgan fingerprint density at radius 3 is 2.29 bits per heavy atom. The van der Waals surface area contributed by atoms with E-state index in [1.54, 1.807) is 6.20 Å². The minimum Gasteiger partial charge on any atom is -0.321 e. The summed E-state index contributed by atoms with van der Waals surface area (Å²) in [7, 11) is 6.12. The molecule has 0 aliphatic carbocycles. The van der Waals surface area contributed by atoms with Crippen molar-refractivity contribution >= 4 is 15.9 Å². The highest BCUT2D eigenvalue weighted by molar-refractivity contribution is 9.10. The number of hydrogen-bond donors (Lipinski definition) is 1. The molecule has 1 unspecified atom stereocenters. The predicted molar refractivity (Wildman–Crippen MR) is 74.8 cm³/mol. The molecular formula is C12H23BrN4. The first-order chi connectivity index (χ1) is 7.90. The van der Waals surface area contributed by atoms with E-state index in [-0.39, 0.29) is 11.6 Å². The smallest absolute Gasteiger partial charge is 0.0709 e. The summed E-state index contributed by atoms with van der Waals surface area (Å²) in [6, 6.07) is -0.0608. The summed E-state index contributed by atoms with van der Waals surface area (Å²) in [5, 5.41) is 4.25. The molecule has 4 nitrogen and oxygen atoms in total. The van der Waals surface area contributed by atoms with Crippen LogP contribution in [0.15, 0.2) is 10.7 Å². The molecule has 1 aromatic heterocycles. The Morgan fingerprint density at radius 2 is 2.00 bits per heavy atom. The van der Waals surface area contributed by atoms with Gasteiger partial charge in [0.25, 0.3) is 0 Å². The van der Waals surface area contributed by atoms with Crippen LogP contribution in [-0.4, -0.2) is 34.3 Å². The second kappa shape index (κ2) is 5.50. The molecule has 0 radical (unpaired) electrons. The van der Waals surface area contributed by atoms with E-state index in [0.29, 0.717) is 0 Å². The van der Waals surface area contributed by atoms with E-state index in [1.165, 1.54) is 0 Å². The van der Waals surface area contributed by atoms with Crippen molar-refractivity contribution in [3.05, 3.63) is 16.4 Å². The summed E-state index contributed by atoms with van der Waals surface area (Å²) in [4.78, 5) is 2.23. The van der Waals surface area contributed by atoms with Gasteiger partial charge in [-0.25, -0.2) is 0 Å². The molecule has 1 heterocycles. The van der Waals surface area contributed by atoms with Gasteiger partial charge in [0.15, 0.2) is 0 Å². The number of aromatic nitrogens is 2. The lowest BCUT2D eigenvalue weighted by Gasteiger charge is -2.43. The highest BCUT2D eigenvalue weighted by Crippen LogP contribution is 2.36. The molecule has 0 aromatic carbocycles. The van der Waals surface area contributed by atoms with E-state index in [4.69, 9.17) is 5.73 Å². The van der Waals surface area contributed by atoms with Gasteiger partial charge in [0.1, 0.15) is 0 Å². The van der Waals surface area contributed by atoms with Gasteiger partial charge < -0.3 is 10.6 Å². The number of rotatable bonds is 5. The van der Waals surface area contributed by atoms with E-state index >= 15 is 0 Å². The molecule has 1 rings (SSSR count). The van der Waals surface area contributed by atoms with Crippen molar-refractivity contribution in [2.45, 2.75) is 38.3 Å². The van der Waals surface area contributed by atoms with Gasteiger partial charge in [0.05, 0.1) is 22.4 Å². The monoisotopic (exact) mass is 302 g/mol. The summed E-state index contributed by atoms with van der Waals surface area (Å²) in [5.74, 6) is 0. The number of nitrogens with zero attached hydrogens (tertiary/aromatic N) is 3. The molecule has 5 heteroatoms. The van der Waals surface area contributed by atoms with Gasteiger partial charge in [-0.1, -0.05) is 13.8 Å². The van der Waals surface area contributed by atoms with E-state index in [0.717, 1.165) is 23.0 Å². The SMILES string of the molecule is CCC(CC)(C(N)c1c(Br)cnn1C)N(C)C. The van der Waals surface area contributed by atoms with Gasteiger partial charge in [-0.15, -0.1) is 0 Å². The van der Waals surface area contributed by atoms with Gasteiger partial charge in [-0.3, -0.25) is 4.68 Å². The standard InChI is InChI=1S/C12H23BrN4/c1-6-12(7-2,16(3)4)11(14)10-9(13)8-15-17(10)5/h8,11H,6-7,14H2,1-5H3. The zero-order valence-electron chi connectivity index (χ0n) is 11.4. The van der Waals surface area contributed by atoms with Crippen molar-refractivity contribution in [2.24, 2.45) is 12.8 Å². The van der Waals surface area contributed by atoms with Gasteiger partial charge in [0.2, 0.25) is 0 Å². The zero-order chi connectivity index (χ0) is 13.2. The third-order valence-corrected chi connectivity index (χ3v) is 4.54. The van der Waals surface area contributed by atoms with Crippen LogP contribution in [0.2, 0.25) is 0 Å². The molecule has 0 aliphatic heterocycles. The van der Waals surface area contributed by atoms with Crippen LogP contribution in [0.1, 0.15) is 38.4 Å². The van der Waals surface area contributed by atoms with Crippen LogP contribution in [0.3, 0.4) is 0 Å². The second-order valence-electron chi connectivity index (χ2n) is 4.68. The molecule has 1 atom stereocenters. The fourth-order valence-corrected chi connectivity index (χ4v) is 3.22. The van der Waals surface area contributed by atoms with Crippen LogP contribution >= 0.6 is 15.9 Å². The Kier molecular flexibility index (Phi) is 4.75. The predicted octanol–water partition coefficient (Wildman–Crippen LogP) is 2.30. The third-order valence-electron chi connectivity index (χ3n) is 3.93. The van der Waals surface area contributed by atoms with E-state index < -0.39 is 0 Å². The first kappa shape index (κ1) is 14.7. The minimum absolute atomic E-state index is 0.0314. The lowest BCUT2D eigenvalue weighted by atomic mass is 9.82. The minimum atomic E-state index is -0.0608. The maximum absolute atomic E-state index is 6.51. The zero-order valence-corrected chi connectivity index (χ0v) is 13.0. The van der Waals surface area contributed by atoms with Gasteiger partial charge in [0, 0.05) is 12.6 Å². The number of likely N-dealkylation sites (N-methyl/N-ethyl adjacent to an activating group) is 1. The third kappa shape index (κ3) is 2.41. The van der Waals surface area contributed by atoms with E-state index in [9.17, 15) is 0 Å². The topological polar surface area (TPSA) is 47.1 Å². The number of aryl methyl sites for hydroxylation is 1. The highest BCUT2D eigenvalue weighted by atomic mass is 79.9. The highest BCUT2D eigenvalue weighted by Gasteiger charge is 2.38. The average molecular weight is 303 g/mol. The Labute approximate surface area is 112 Å². The van der Waals surface area contributed by atoms with Crippen LogP contribution in [0.25, 0.3) is 0 Å². The lowest BCUT2D eigenvalue weighted by molar-refractivity contribution is 0.102. The molecular weight excluding hydrogens is 280 g/mol. The Hall–Kier alpha value is -0.390. The first-order valence-corrected chi connectivity index (χ1v) is 6.80. The normalized spacial score (nSPS) is 14.4. The van der Waals surface area contributed by atoms with Gasteiger partial charge >= 0.3 is 0 Å². The largest absolute Gasteiger partial charge is 0.321 e. The molecule has 0 bridgehead atoms. The summed E-state index contributed by atoms with van der Waals surface area (Å²) in [6.45, 7) is 4.38. The average Bonchev–Trinajstić information content (AvgIpc) is 2.60. The fourth-order valence-electron chi connectivity index (χ4n) is 2.62. The summed E-state index contributed by atoms with van der Waals surface area (Å²) < 4.78 is 2.85. The second-order valence-corrected chi connectivity index (χ2v) is 5.54. The summed E-state index contributed by atoms with van der Waals surface area (Å²) in [6.07, 6.45) is 3.82. The molecule has 0 amide bonds. The molecule has 0 aliphatic rings. The molecule has 17 heavy (non-hydrogen) atoms. The number of nitrogens with two attached hydrogens (primary N) is 1. The Balaban J connectivity index is 3.21. The van der Waals surface area contributed by atoms with Gasteiger partial charge in [-0.2, -0.15) is 5.10 Å². The number of halogens is 1. The van der Waals surface area contributed by atoms with Crippen LogP contribution in [0.4, 0.5) is 0 Å². The quantitative estimate of drug-likeness (QED) is 0.908. The van der Waals surface area contributed by atoms with E-state index in [1.807, 2.05) is 11.7 Å². The Bertz CT molecular complexity index is 349. The number of hydrogen-bond acceptors (Lipinski definition) is 3. The molecule has 0 spiro atoms. The molecule has 0 fully saturated rings. The van der Waals surface area contributed by atoms with Crippen molar-refractivity contribution in [1.29, 1.82) is 0 Å². The Morgan fingerprint density at radius 1 is 1.47 bits per heavy atom. The lowest BCUT2D eigenvalue weighted by Crippen LogP contribution is -2.52.